The molecule has 5 aromatic heterocycles. The minimum absolute atomic E-state index is 0. The van der Waals surface area contributed by atoms with Gasteiger partial charge in [-0.2, -0.15) is 0 Å². The zero-order valence-electron chi connectivity index (χ0n) is 41.6. The van der Waals surface area contributed by atoms with Gasteiger partial charge >= 0.3 is 137 Å². The monoisotopic (exact) mass is 1150 g/mol. The Morgan fingerprint density at radius 1 is 0.754 bits per heavy atom. The molecular weight excluding hydrogens is 1080 g/mol. The van der Waals surface area contributed by atoms with Gasteiger partial charge < -0.3 is 8.98 Å². The first kappa shape index (κ1) is 48.3. The van der Waals surface area contributed by atoms with Crippen LogP contribution in [-0.4, -0.2) is 37.8 Å². The summed E-state index contributed by atoms with van der Waals surface area (Å²) in [5.41, 5.74) is 17.5. The number of pyridine rings is 3. The molecule has 0 saturated heterocycles. The Hall–Kier alpha value is -5.73. The smallest absolute Gasteiger partial charge is 0 e. The van der Waals surface area contributed by atoms with E-state index >= 15 is 0 Å². The molecule has 69 heavy (non-hydrogen) atoms. The van der Waals surface area contributed by atoms with Crippen molar-refractivity contribution in [2.75, 3.05) is 0 Å². The molecule has 1 aliphatic rings. The fourth-order valence-corrected chi connectivity index (χ4v) is 13.7. The van der Waals surface area contributed by atoms with Gasteiger partial charge in [0.05, 0.1) is 33.7 Å². The van der Waals surface area contributed by atoms with Crippen molar-refractivity contribution < 1.29 is 24.5 Å². The summed E-state index contributed by atoms with van der Waals surface area (Å²) in [6.07, 6.45) is 9.08. The van der Waals surface area contributed by atoms with Gasteiger partial charge in [-0.1, -0.05) is 81.1 Å². The molecule has 0 unspecified atom stereocenters. The second-order valence-electron chi connectivity index (χ2n) is 21.1. The average molecular weight is 1150 g/mol. The Morgan fingerprint density at radius 2 is 1.49 bits per heavy atom. The molecule has 0 atom stereocenters. The van der Waals surface area contributed by atoms with Crippen LogP contribution in [0.15, 0.2) is 126 Å². The second kappa shape index (κ2) is 19.2. The van der Waals surface area contributed by atoms with Crippen molar-refractivity contribution >= 4 is 61.7 Å². The van der Waals surface area contributed by atoms with Crippen LogP contribution in [0.1, 0.15) is 80.0 Å². The molecule has 1 aliphatic carbocycles. The number of aryl methyl sites for hydroxylation is 4. The van der Waals surface area contributed by atoms with Crippen molar-refractivity contribution in [2.24, 2.45) is 5.92 Å². The molecule has 0 amide bonds. The maximum absolute atomic E-state index is 6.71. The molecule has 0 aliphatic heterocycles. The van der Waals surface area contributed by atoms with E-state index in [1.807, 2.05) is 25.1 Å². The predicted octanol–water partition coefficient (Wildman–Crippen LogP) is 15.4. The number of aromatic nitrogens is 5. The fourth-order valence-electron chi connectivity index (χ4n) is 10.3. The van der Waals surface area contributed by atoms with Crippen LogP contribution in [0.5, 0.6) is 0 Å². The molecule has 8 heteroatoms. The van der Waals surface area contributed by atoms with E-state index in [0.29, 0.717) is 5.71 Å². The quantitative estimate of drug-likeness (QED) is 0.117. The van der Waals surface area contributed by atoms with Gasteiger partial charge in [0.1, 0.15) is 0 Å². The third-order valence-corrected chi connectivity index (χ3v) is 18.3. The van der Waals surface area contributed by atoms with Gasteiger partial charge in [-0.15, -0.1) is 17.7 Å². The molecule has 0 bridgehead atoms. The van der Waals surface area contributed by atoms with Gasteiger partial charge in [0.25, 0.3) is 0 Å². The molecular formula is C61H61GeIrN5O-2. The van der Waals surface area contributed by atoms with Crippen LogP contribution in [-0.2, 0) is 31.9 Å². The topological polar surface area (TPSA) is 69.6 Å². The van der Waals surface area contributed by atoms with Crippen molar-refractivity contribution in [2.45, 2.75) is 103 Å². The van der Waals surface area contributed by atoms with E-state index < -0.39 is 13.3 Å². The minimum atomic E-state index is -1.87. The normalized spacial score (nSPS) is 13.3. The molecule has 1 radical (unpaired) electrons. The molecule has 351 valence electrons. The molecule has 5 heterocycles. The van der Waals surface area contributed by atoms with E-state index in [2.05, 4.69) is 179 Å². The van der Waals surface area contributed by atoms with E-state index in [1.165, 1.54) is 48.8 Å². The molecule has 1 fully saturated rings. The summed E-state index contributed by atoms with van der Waals surface area (Å²) >= 11 is -1.87. The second-order valence-corrected chi connectivity index (χ2v) is 31.7. The van der Waals surface area contributed by atoms with Gasteiger partial charge in [-0.3, -0.25) is 9.97 Å². The summed E-state index contributed by atoms with van der Waals surface area (Å²) in [6, 6.07) is 47.2. The molecule has 0 spiro atoms. The number of imidazole rings is 1. The van der Waals surface area contributed by atoms with E-state index in [4.69, 9.17) is 24.4 Å². The summed E-state index contributed by atoms with van der Waals surface area (Å²) in [5.74, 6) is 9.07. The zero-order valence-corrected chi connectivity index (χ0v) is 46.1. The minimum Gasteiger partial charge on any atom is 0 e. The number of benzene rings is 5. The third-order valence-electron chi connectivity index (χ3n) is 13.9. The first-order chi connectivity index (χ1) is 32.6. The van der Waals surface area contributed by atoms with Crippen LogP contribution in [0.3, 0.4) is 0 Å². The van der Waals surface area contributed by atoms with Gasteiger partial charge in [-0.25, -0.2) is 4.98 Å². The average Bonchev–Trinajstić information content (AvgIpc) is 4.07. The molecule has 0 N–H and O–H groups in total. The van der Waals surface area contributed by atoms with Gasteiger partial charge in [0.15, 0.2) is 0 Å². The Kier molecular flexibility index (Phi) is 13.5. The fraction of sp³-hybridized carbons (Fsp3) is 0.279. The molecule has 10 aromatic rings. The van der Waals surface area contributed by atoms with Crippen LogP contribution in [0.25, 0.3) is 83.6 Å². The SMILES string of the molecule is Cc1ccc2ccc3nc(-c4[c-]cc(C)c5c4oc4nc(-c6c(C)cccc6C)ccc45)n(-c4ccc(C(C)(C)C)cc4)c3c2n1.[CH3][Ge]([CH3])([CH3])[c]1cnc(-c2[c-]cccc2)cc1CC1CCCC1.[Ir]. The first-order valence-electron chi connectivity index (χ1n) is 24.3. The molecule has 11 rings (SSSR count). The standard InChI is InChI=1S/C41H35N4O.C20H26GeN.Ir/c1-23-9-8-10-24(2)34(23)32-22-20-30-35-25(3)11-19-31(38(35)46-40(30)44-32)39-43-33-21-14-27-13-12-26(4)42-36(27)37(33)45(39)29-17-15-28(16-18-29)41(5,6)7;1-21(2,3)19-15-22-20(17-11-5-4-6-12-17)14-18(19)13-16-9-7-8-10-16;/h8-18,20-22H,1-7H3;4-6,11,14-16H,7-10,13H2,1-3H3;/q2*-1;. The van der Waals surface area contributed by atoms with E-state index in [-0.39, 0.29) is 25.5 Å². The predicted molar refractivity (Wildman–Crippen MR) is 286 cm³/mol. The first-order valence-corrected chi connectivity index (χ1v) is 31.6. The third kappa shape index (κ3) is 9.51. The molecule has 6 nitrogen and oxygen atoms in total. The Bertz CT molecular complexity index is 3480. The number of fused-ring (bicyclic) bond motifs is 6. The van der Waals surface area contributed by atoms with Crippen molar-refractivity contribution in [3.63, 3.8) is 0 Å². The Balaban J connectivity index is 0.000000217. The van der Waals surface area contributed by atoms with Gasteiger partial charge in [0.2, 0.25) is 5.71 Å². The Morgan fingerprint density at radius 3 is 2.19 bits per heavy atom. The van der Waals surface area contributed by atoms with E-state index in [9.17, 15) is 0 Å². The number of hydrogen-bond acceptors (Lipinski definition) is 5. The summed E-state index contributed by atoms with van der Waals surface area (Å²) in [6.45, 7) is 15.1. The van der Waals surface area contributed by atoms with Crippen LogP contribution in [0.2, 0.25) is 17.3 Å². The van der Waals surface area contributed by atoms with Crippen molar-refractivity contribution in [3.05, 3.63) is 167 Å². The zero-order chi connectivity index (χ0) is 47.5. The van der Waals surface area contributed by atoms with Crippen LogP contribution < -0.4 is 4.40 Å². The van der Waals surface area contributed by atoms with Crippen LogP contribution in [0, 0.1) is 45.7 Å². The van der Waals surface area contributed by atoms with Gasteiger partial charge in [0, 0.05) is 47.8 Å². The largest absolute Gasteiger partial charge is 0 e. The number of nitrogens with zero attached hydrogens (tertiary/aromatic N) is 5. The molecule has 1 saturated carbocycles. The summed E-state index contributed by atoms with van der Waals surface area (Å²) in [5, 5.41) is 3.09. The van der Waals surface area contributed by atoms with Crippen molar-refractivity contribution in [3.8, 4) is 39.6 Å². The molecule has 5 aromatic carbocycles. The van der Waals surface area contributed by atoms with E-state index in [1.54, 1.807) is 9.96 Å². The van der Waals surface area contributed by atoms with Gasteiger partial charge in [-0.05, 0) is 79.3 Å². The van der Waals surface area contributed by atoms with Crippen LogP contribution in [0.4, 0.5) is 0 Å². The summed E-state index contributed by atoms with van der Waals surface area (Å²) in [4.78, 5) is 20.1. The summed E-state index contributed by atoms with van der Waals surface area (Å²) in [7, 11) is 0. The maximum atomic E-state index is 6.71. The van der Waals surface area contributed by atoms with Crippen molar-refractivity contribution in [1.29, 1.82) is 0 Å². The Labute approximate surface area is 423 Å². The van der Waals surface area contributed by atoms with Crippen LogP contribution >= 0.6 is 0 Å². The number of rotatable bonds is 7. The maximum Gasteiger partial charge on any atom is 0 e. The van der Waals surface area contributed by atoms with E-state index in [0.717, 1.165) is 95.1 Å². The number of furan rings is 1. The van der Waals surface area contributed by atoms with Crippen molar-refractivity contribution in [1.82, 2.24) is 24.5 Å². The number of hydrogen-bond donors (Lipinski definition) is 0. The summed E-state index contributed by atoms with van der Waals surface area (Å²) < 4.78 is 10.5.